The van der Waals surface area contributed by atoms with Crippen LogP contribution in [0.25, 0.3) is 0 Å². The Morgan fingerprint density at radius 3 is 2.28 bits per heavy atom. The molecule has 1 aromatic carbocycles. The standard InChI is InChI=1S/C15H21NO2/c1-10-7-11(2)13(12(3)8-10)14(17)16-6-5-15(4,18)9-16/h7-8,18H,5-6,9H2,1-4H3. The lowest BCUT2D eigenvalue weighted by Crippen LogP contribution is -2.34. The van der Waals surface area contributed by atoms with Gasteiger partial charge in [0.25, 0.3) is 5.91 Å². The van der Waals surface area contributed by atoms with Crippen LogP contribution in [0.1, 0.15) is 40.4 Å². The molecule has 3 nitrogen and oxygen atoms in total. The summed E-state index contributed by atoms with van der Waals surface area (Å²) in [6.45, 7) is 8.84. The molecular formula is C15H21NO2. The van der Waals surface area contributed by atoms with E-state index >= 15 is 0 Å². The van der Waals surface area contributed by atoms with Crippen molar-refractivity contribution in [3.63, 3.8) is 0 Å². The Bertz CT molecular complexity index is 468. The number of amides is 1. The zero-order valence-corrected chi connectivity index (χ0v) is 11.6. The first-order chi connectivity index (χ1) is 8.30. The van der Waals surface area contributed by atoms with Crippen LogP contribution in [0.2, 0.25) is 0 Å². The molecule has 0 aliphatic carbocycles. The van der Waals surface area contributed by atoms with Gasteiger partial charge in [0.15, 0.2) is 0 Å². The number of likely N-dealkylation sites (tertiary alicyclic amines) is 1. The minimum atomic E-state index is -0.734. The maximum atomic E-state index is 12.5. The van der Waals surface area contributed by atoms with Gasteiger partial charge in [-0.05, 0) is 45.2 Å². The van der Waals surface area contributed by atoms with Crippen molar-refractivity contribution in [1.82, 2.24) is 4.90 Å². The Balaban J connectivity index is 2.30. The molecule has 1 saturated heterocycles. The minimum Gasteiger partial charge on any atom is -0.388 e. The lowest BCUT2D eigenvalue weighted by atomic mass is 9.99. The lowest BCUT2D eigenvalue weighted by molar-refractivity contribution is 0.0571. The fourth-order valence-corrected chi connectivity index (χ4v) is 2.79. The van der Waals surface area contributed by atoms with E-state index in [1.165, 1.54) is 5.56 Å². The zero-order chi connectivity index (χ0) is 13.5. The Morgan fingerprint density at radius 1 is 1.28 bits per heavy atom. The summed E-state index contributed by atoms with van der Waals surface area (Å²) in [6, 6.07) is 4.07. The Kier molecular flexibility index (Phi) is 3.20. The molecular weight excluding hydrogens is 226 g/mol. The van der Waals surface area contributed by atoms with Gasteiger partial charge in [-0.2, -0.15) is 0 Å². The average Bonchev–Trinajstić information content (AvgIpc) is 2.57. The summed E-state index contributed by atoms with van der Waals surface area (Å²) >= 11 is 0. The van der Waals surface area contributed by atoms with Crippen molar-refractivity contribution in [2.45, 2.75) is 39.7 Å². The summed E-state index contributed by atoms with van der Waals surface area (Å²) in [6.07, 6.45) is 0.655. The predicted octanol–water partition coefficient (Wildman–Crippen LogP) is 2.21. The van der Waals surface area contributed by atoms with E-state index in [2.05, 4.69) is 0 Å². The van der Waals surface area contributed by atoms with Gasteiger partial charge in [0.05, 0.1) is 5.60 Å². The molecule has 3 heteroatoms. The smallest absolute Gasteiger partial charge is 0.254 e. The number of rotatable bonds is 1. The second-order valence-electron chi connectivity index (χ2n) is 5.75. The molecule has 1 amide bonds. The van der Waals surface area contributed by atoms with Gasteiger partial charge in [-0.1, -0.05) is 17.7 Å². The second-order valence-corrected chi connectivity index (χ2v) is 5.75. The third-order valence-electron chi connectivity index (χ3n) is 3.63. The molecule has 1 heterocycles. The molecule has 0 saturated carbocycles. The summed E-state index contributed by atoms with van der Waals surface area (Å²) in [5.74, 6) is 0.0442. The van der Waals surface area contributed by atoms with Gasteiger partial charge in [-0.25, -0.2) is 0 Å². The van der Waals surface area contributed by atoms with Crippen molar-refractivity contribution in [3.8, 4) is 0 Å². The van der Waals surface area contributed by atoms with E-state index in [4.69, 9.17) is 0 Å². The van der Waals surface area contributed by atoms with Crippen LogP contribution < -0.4 is 0 Å². The van der Waals surface area contributed by atoms with Crippen LogP contribution in [0.3, 0.4) is 0 Å². The van der Waals surface area contributed by atoms with Crippen LogP contribution in [-0.2, 0) is 0 Å². The summed E-state index contributed by atoms with van der Waals surface area (Å²) in [5, 5.41) is 9.95. The fourth-order valence-electron chi connectivity index (χ4n) is 2.79. The summed E-state index contributed by atoms with van der Waals surface area (Å²) in [7, 11) is 0. The second kappa shape index (κ2) is 4.39. The van der Waals surface area contributed by atoms with E-state index in [0.29, 0.717) is 19.5 Å². The molecule has 0 radical (unpaired) electrons. The number of hydrogen-bond donors (Lipinski definition) is 1. The third kappa shape index (κ3) is 2.41. The predicted molar refractivity (Wildman–Crippen MR) is 71.8 cm³/mol. The van der Waals surface area contributed by atoms with E-state index in [1.54, 1.807) is 11.8 Å². The first-order valence-electron chi connectivity index (χ1n) is 6.40. The largest absolute Gasteiger partial charge is 0.388 e. The molecule has 0 aromatic heterocycles. The highest BCUT2D eigenvalue weighted by Gasteiger charge is 2.35. The van der Waals surface area contributed by atoms with E-state index in [1.807, 2.05) is 32.9 Å². The van der Waals surface area contributed by atoms with Crippen molar-refractivity contribution in [1.29, 1.82) is 0 Å². The number of aryl methyl sites for hydroxylation is 3. The Hall–Kier alpha value is -1.35. The van der Waals surface area contributed by atoms with Crippen LogP contribution in [-0.4, -0.2) is 34.6 Å². The van der Waals surface area contributed by atoms with E-state index in [0.717, 1.165) is 16.7 Å². The normalized spacial score (nSPS) is 23.5. The first kappa shape index (κ1) is 13.1. The molecule has 18 heavy (non-hydrogen) atoms. The summed E-state index contributed by atoms with van der Waals surface area (Å²) in [5.41, 5.74) is 3.27. The highest BCUT2D eigenvalue weighted by molar-refractivity contribution is 5.97. The van der Waals surface area contributed by atoms with Crippen molar-refractivity contribution in [2.24, 2.45) is 0 Å². The van der Waals surface area contributed by atoms with Gasteiger partial charge in [-0.3, -0.25) is 4.79 Å². The molecule has 1 unspecified atom stereocenters. The SMILES string of the molecule is Cc1cc(C)c(C(=O)N2CCC(C)(O)C2)c(C)c1. The molecule has 1 fully saturated rings. The quantitative estimate of drug-likeness (QED) is 0.826. The van der Waals surface area contributed by atoms with E-state index < -0.39 is 5.60 Å². The van der Waals surface area contributed by atoms with Gasteiger partial charge >= 0.3 is 0 Å². The van der Waals surface area contributed by atoms with Gasteiger partial charge in [0.2, 0.25) is 0 Å². The fraction of sp³-hybridized carbons (Fsp3) is 0.533. The van der Waals surface area contributed by atoms with Crippen molar-refractivity contribution < 1.29 is 9.90 Å². The van der Waals surface area contributed by atoms with Crippen LogP contribution >= 0.6 is 0 Å². The highest BCUT2D eigenvalue weighted by Crippen LogP contribution is 2.25. The number of carbonyl (C=O) groups is 1. The molecule has 1 N–H and O–H groups in total. The minimum absolute atomic E-state index is 0.0442. The summed E-state index contributed by atoms with van der Waals surface area (Å²) in [4.78, 5) is 14.3. The van der Waals surface area contributed by atoms with Crippen molar-refractivity contribution in [2.75, 3.05) is 13.1 Å². The van der Waals surface area contributed by atoms with E-state index in [-0.39, 0.29) is 5.91 Å². The third-order valence-corrected chi connectivity index (χ3v) is 3.63. The first-order valence-corrected chi connectivity index (χ1v) is 6.40. The number of benzene rings is 1. The van der Waals surface area contributed by atoms with Crippen LogP contribution in [0.5, 0.6) is 0 Å². The van der Waals surface area contributed by atoms with E-state index in [9.17, 15) is 9.90 Å². The monoisotopic (exact) mass is 247 g/mol. The maximum absolute atomic E-state index is 12.5. The van der Waals surface area contributed by atoms with Crippen LogP contribution in [0.15, 0.2) is 12.1 Å². The van der Waals surface area contributed by atoms with Gasteiger partial charge < -0.3 is 10.0 Å². The molecule has 1 aliphatic heterocycles. The topological polar surface area (TPSA) is 40.5 Å². The molecule has 1 aromatic rings. The van der Waals surface area contributed by atoms with Crippen LogP contribution in [0.4, 0.5) is 0 Å². The molecule has 1 aliphatic rings. The van der Waals surface area contributed by atoms with Crippen LogP contribution in [0, 0.1) is 20.8 Å². The van der Waals surface area contributed by atoms with Gasteiger partial charge in [-0.15, -0.1) is 0 Å². The molecule has 0 bridgehead atoms. The number of hydrogen-bond acceptors (Lipinski definition) is 2. The summed E-state index contributed by atoms with van der Waals surface area (Å²) < 4.78 is 0. The zero-order valence-electron chi connectivity index (χ0n) is 11.6. The number of β-amino-alcohol motifs (C(OH)–C–C–N with tert-alkyl or cyclic N) is 1. The number of nitrogens with zero attached hydrogens (tertiary/aromatic N) is 1. The molecule has 2 rings (SSSR count). The molecule has 0 spiro atoms. The van der Waals surface area contributed by atoms with Crippen molar-refractivity contribution in [3.05, 3.63) is 34.4 Å². The number of aliphatic hydroxyl groups is 1. The Morgan fingerprint density at radius 2 is 1.83 bits per heavy atom. The molecule has 98 valence electrons. The molecule has 1 atom stereocenters. The van der Waals surface area contributed by atoms with Gasteiger partial charge in [0, 0.05) is 18.7 Å². The van der Waals surface area contributed by atoms with Gasteiger partial charge in [0.1, 0.15) is 0 Å². The maximum Gasteiger partial charge on any atom is 0.254 e. The number of carbonyl (C=O) groups excluding carboxylic acids is 1. The average molecular weight is 247 g/mol. The highest BCUT2D eigenvalue weighted by atomic mass is 16.3. The Labute approximate surface area is 108 Å². The van der Waals surface area contributed by atoms with Crippen molar-refractivity contribution >= 4 is 5.91 Å². The lowest BCUT2D eigenvalue weighted by Gasteiger charge is -2.21.